The number of aromatic carboxylic acids is 1. The monoisotopic (exact) mass is 283 g/mol. The zero-order valence-corrected chi connectivity index (χ0v) is 10.4. The fourth-order valence-electron chi connectivity index (χ4n) is 1.60. The van der Waals surface area contributed by atoms with Crippen molar-refractivity contribution in [3.05, 3.63) is 28.2 Å². The molecule has 0 aliphatic carbocycles. The Balaban J connectivity index is 2.06. The number of thiazole rings is 1. The molecule has 0 fully saturated rings. The van der Waals surface area contributed by atoms with Crippen LogP contribution >= 0.6 is 22.9 Å². The highest BCUT2D eigenvalue weighted by molar-refractivity contribution is 7.16. The summed E-state index contributed by atoms with van der Waals surface area (Å²) in [6.45, 7) is 0.136. The summed E-state index contributed by atoms with van der Waals surface area (Å²) in [4.78, 5) is 15.0. The number of carboxylic acids is 1. The lowest BCUT2D eigenvalue weighted by Crippen LogP contribution is -1.93. The first-order valence-corrected chi connectivity index (χ1v) is 6.13. The number of ether oxygens (including phenoxy) is 2. The van der Waals surface area contributed by atoms with Gasteiger partial charge in [-0.1, -0.05) is 11.6 Å². The molecule has 3 rings (SSSR count). The fourth-order valence-corrected chi connectivity index (χ4v) is 2.60. The number of carbonyl (C=O) groups is 1. The maximum atomic E-state index is 10.8. The summed E-state index contributed by atoms with van der Waals surface area (Å²) >= 11 is 7.13. The molecular weight excluding hydrogens is 278 g/mol. The van der Waals surface area contributed by atoms with Crippen molar-refractivity contribution < 1.29 is 19.4 Å². The van der Waals surface area contributed by atoms with Crippen LogP contribution in [0.2, 0.25) is 5.02 Å². The van der Waals surface area contributed by atoms with E-state index in [-0.39, 0.29) is 11.7 Å². The van der Waals surface area contributed by atoms with Gasteiger partial charge in [-0.05, 0) is 12.1 Å². The van der Waals surface area contributed by atoms with Gasteiger partial charge < -0.3 is 14.6 Å². The minimum absolute atomic E-state index is 0.136. The molecule has 2 heterocycles. The van der Waals surface area contributed by atoms with Crippen molar-refractivity contribution in [2.24, 2.45) is 0 Å². The van der Waals surface area contributed by atoms with Gasteiger partial charge in [0.05, 0.1) is 11.2 Å². The van der Waals surface area contributed by atoms with Crippen LogP contribution in [0.1, 0.15) is 9.67 Å². The average molecular weight is 284 g/mol. The van der Waals surface area contributed by atoms with E-state index < -0.39 is 5.97 Å². The minimum atomic E-state index is -0.995. The molecule has 2 aromatic rings. The van der Waals surface area contributed by atoms with Gasteiger partial charge in [0.15, 0.2) is 11.5 Å². The molecule has 1 aliphatic heterocycles. The van der Waals surface area contributed by atoms with Crippen molar-refractivity contribution in [1.29, 1.82) is 0 Å². The predicted octanol–water partition coefficient (Wildman–Crippen LogP) is 2.89. The molecule has 0 unspecified atom stereocenters. The van der Waals surface area contributed by atoms with Crippen molar-refractivity contribution in [2.75, 3.05) is 6.79 Å². The van der Waals surface area contributed by atoms with Crippen LogP contribution in [0, 0.1) is 0 Å². The Hall–Kier alpha value is -1.79. The molecule has 7 heteroatoms. The predicted molar refractivity (Wildman–Crippen MR) is 65.6 cm³/mol. The number of hydrogen-bond acceptors (Lipinski definition) is 5. The highest BCUT2D eigenvalue weighted by Gasteiger charge is 2.20. The third-order valence-electron chi connectivity index (χ3n) is 2.39. The maximum Gasteiger partial charge on any atom is 0.347 e. The fraction of sp³-hybridized carbons (Fsp3) is 0.0909. The largest absolute Gasteiger partial charge is 0.477 e. The number of rotatable bonds is 2. The molecule has 0 saturated carbocycles. The van der Waals surface area contributed by atoms with Crippen LogP contribution in [0.25, 0.3) is 10.6 Å². The lowest BCUT2D eigenvalue weighted by atomic mass is 10.2. The summed E-state index contributed by atoms with van der Waals surface area (Å²) in [6.07, 6.45) is 1.32. The third kappa shape index (κ3) is 1.79. The molecule has 0 bridgehead atoms. The summed E-state index contributed by atoms with van der Waals surface area (Å²) in [5.74, 6) is 0.0607. The summed E-state index contributed by atoms with van der Waals surface area (Å²) in [6, 6.07) is 3.41. The van der Waals surface area contributed by atoms with Gasteiger partial charge in [0.2, 0.25) is 6.79 Å². The van der Waals surface area contributed by atoms with Gasteiger partial charge in [0.25, 0.3) is 0 Å². The van der Waals surface area contributed by atoms with Crippen LogP contribution < -0.4 is 9.47 Å². The minimum Gasteiger partial charge on any atom is -0.477 e. The Bertz CT molecular complexity index is 640. The van der Waals surface area contributed by atoms with Crippen molar-refractivity contribution in [2.45, 2.75) is 0 Å². The highest BCUT2D eigenvalue weighted by atomic mass is 35.5. The van der Waals surface area contributed by atoms with E-state index in [9.17, 15) is 4.79 Å². The summed E-state index contributed by atoms with van der Waals surface area (Å²) in [5, 5.41) is 9.85. The third-order valence-corrected chi connectivity index (χ3v) is 3.71. The number of hydrogen-bond donors (Lipinski definition) is 1. The van der Waals surface area contributed by atoms with Gasteiger partial charge in [-0.2, -0.15) is 0 Å². The Morgan fingerprint density at radius 3 is 3.00 bits per heavy atom. The van der Waals surface area contributed by atoms with E-state index in [0.717, 1.165) is 11.3 Å². The second kappa shape index (κ2) is 4.15. The van der Waals surface area contributed by atoms with Crippen molar-refractivity contribution in [1.82, 2.24) is 4.98 Å². The smallest absolute Gasteiger partial charge is 0.347 e. The summed E-state index contributed by atoms with van der Waals surface area (Å²) in [5.41, 5.74) is 0.710. The van der Waals surface area contributed by atoms with Crippen LogP contribution in [0.4, 0.5) is 0 Å². The highest BCUT2D eigenvalue weighted by Crippen LogP contribution is 2.42. The van der Waals surface area contributed by atoms with Crippen LogP contribution in [-0.2, 0) is 0 Å². The number of benzene rings is 1. The lowest BCUT2D eigenvalue weighted by Gasteiger charge is -2.01. The molecule has 92 valence electrons. The zero-order valence-electron chi connectivity index (χ0n) is 8.84. The summed E-state index contributed by atoms with van der Waals surface area (Å²) in [7, 11) is 0. The SMILES string of the molecule is O=C(O)c1cnc(-c2cc(Cl)c3c(c2)OCO3)s1. The molecule has 1 aromatic carbocycles. The van der Waals surface area contributed by atoms with Gasteiger partial charge in [-0.3, -0.25) is 0 Å². The second-order valence-electron chi connectivity index (χ2n) is 3.53. The molecule has 1 N–H and O–H groups in total. The standard InChI is InChI=1S/C11H6ClNO4S/c12-6-1-5(2-7-9(6)17-4-16-7)10-13-3-8(18-10)11(14)15/h1-3H,4H2,(H,14,15). The maximum absolute atomic E-state index is 10.8. The Labute approximate surface area is 111 Å². The molecule has 0 atom stereocenters. The zero-order chi connectivity index (χ0) is 12.7. The van der Waals surface area contributed by atoms with Crippen LogP contribution in [0.3, 0.4) is 0 Å². The molecule has 0 radical (unpaired) electrons. The first kappa shape index (κ1) is 11.3. The number of halogens is 1. The van der Waals surface area contributed by atoms with Gasteiger partial charge in [-0.15, -0.1) is 11.3 Å². The number of aromatic nitrogens is 1. The van der Waals surface area contributed by atoms with E-state index in [1.54, 1.807) is 12.1 Å². The molecule has 1 aromatic heterocycles. The lowest BCUT2D eigenvalue weighted by molar-refractivity contribution is 0.0702. The number of fused-ring (bicyclic) bond motifs is 1. The number of nitrogens with zero attached hydrogens (tertiary/aromatic N) is 1. The van der Waals surface area contributed by atoms with Crippen LogP contribution in [0.5, 0.6) is 11.5 Å². The molecule has 1 aliphatic rings. The van der Waals surface area contributed by atoms with Gasteiger partial charge in [0.1, 0.15) is 9.88 Å². The van der Waals surface area contributed by atoms with E-state index in [1.807, 2.05) is 0 Å². The van der Waals surface area contributed by atoms with Gasteiger partial charge in [0, 0.05) is 5.56 Å². The van der Waals surface area contributed by atoms with Crippen LogP contribution in [-0.4, -0.2) is 22.9 Å². The first-order chi connectivity index (χ1) is 8.65. The quantitative estimate of drug-likeness (QED) is 0.918. The van der Waals surface area contributed by atoms with Gasteiger partial charge in [-0.25, -0.2) is 9.78 Å². The molecule has 18 heavy (non-hydrogen) atoms. The van der Waals surface area contributed by atoms with Crippen molar-refractivity contribution in [3.63, 3.8) is 0 Å². The Morgan fingerprint density at radius 2 is 2.28 bits per heavy atom. The molecule has 5 nitrogen and oxygen atoms in total. The molecule has 0 saturated heterocycles. The van der Waals surface area contributed by atoms with Crippen molar-refractivity contribution >= 4 is 28.9 Å². The summed E-state index contributed by atoms with van der Waals surface area (Å²) < 4.78 is 10.4. The van der Waals surface area contributed by atoms with Crippen molar-refractivity contribution in [3.8, 4) is 22.1 Å². The molecule has 0 spiro atoms. The van der Waals surface area contributed by atoms with Crippen LogP contribution in [0.15, 0.2) is 18.3 Å². The Kier molecular flexibility index (Phi) is 2.61. The topological polar surface area (TPSA) is 68.7 Å². The van der Waals surface area contributed by atoms with Gasteiger partial charge >= 0.3 is 5.97 Å². The van der Waals surface area contributed by atoms with E-state index in [4.69, 9.17) is 26.2 Å². The first-order valence-electron chi connectivity index (χ1n) is 4.94. The normalized spacial score (nSPS) is 12.7. The molecular formula is C11H6ClNO4S. The number of carboxylic acid groups (broad SMARTS) is 1. The van der Waals surface area contributed by atoms with E-state index in [0.29, 0.717) is 27.1 Å². The van der Waals surface area contributed by atoms with E-state index in [2.05, 4.69) is 4.98 Å². The van der Waals surface area contributed by atoms with E-state index >= 15 is 0 Å². The average Bonchev–Trinajstić information content (AvgIpc) is 2.97. The second-order valence-corrected chi connectivity index (χ2v) is 4.96. The molecule has 0 amide bonds. The Morgan fingerprint density at radius 1 is 1.44 bits per heavy atom. The van der Waals surface area contributed by atoms with E-state index in [1.165, 1.54) is 6.20 Å².